The molecule has 0 N–H and O–H groups in total. The van der Waals surface area contributed by atoms with Crippen LogP contribution < -0.4 is 4.74 Å². The normalized spacial score (nSPS) is 16.0. The van der Waals surface area contributed by atoms with Gasteiger partial charge in [0.05, 0.1) is 5.75 Å². The Morgan fingerprint density at radius 3 is 2.45 bits per heavy atom. The molecule has 1 aliphatic heterocycles. The van der Waals surface area contributed by atoms with E-state index in [-0.39, 0.29) is 11.9 Å². The summed E-state index contributed by atoms with van der Waals surface area (Å²) in [4.78, 5) is 0. The van der Waals surface area contributed by atoms with Crippen molar-refractivity contribution < 1.29 is 13.2 Å². The van der Waals surface area contributed by atoms with Crippen LogP contribution in [0.15, 0.2) is 54.9 Å². The second kappa shape index (κ2) is 8.30. The maximum Gasteiger partial charge on any atom is 0.233 e. The molecular formula is C20H23N5O3S. The molecule has 29 heavy (non-hydrogen) atoms. The Balaban J connectivity index is 1.31. The third-order valence-corrected chi connectivity index (χ3v) is 6.77. The number of sulfonamides is 1. The predicted octanol–water partition coefficient (Wildman–Crippen LogP) is 2.34. The van der Waals surface area contributed by atoms with Crippen LogP contribution >= 0.6 is 0 Å². The van der Waals surface area contributed by atoms with Gasteiger partial charge in [-0.1, -0.05) is 29.8 Å². The van der Waals surface area contributed by atoms with Gasteiger partial charge in [-0.25, -0.2) is 17.4 Å². The number of piperidine rings is 1. The molecule has 0 saturated carbocycles. The van der Waals surface area contributed by atoms with Crippen molar-refractivity contribution >= 4 is 10.0 Å². The molecule has 0 bridgehead atoms. The first kappa shape index (κ1) is 19.5. The minimum atomic E-state index is -3.34. The first-order valence-corrected chi connectivity index (χ1v) is 11.1. The molecule has 3 heterocycles. The van der Waals surface area contributed by atoms with Crippen LogP contribution in [0.2, 0.25) is 0 Å². The monoisotopic (exact) mass is 413 g/mol. The molecule has 2 aromatic heterocycles. The lowest BCUT2D eigenvalue weighted by atomic mass is 10.1. The van der Waals surface area contributed by atoms with Crippen molar-refractivity contribution in [2.45, 2.75) is 31.6 Å². The highest BCUT2D eigenvalue weighted by atomic mass is 32.2. The van der Waals surface area contributed by atoms with E-state index in [2.05, 4.69) is 15.3 Å². The first-order valence-electron chi connectivity index (χ1n) is 9.53. The Bertz CT molecular complexity index is 1030. The fourth-order valence-electron chi connectivity index (χ4n) is 3.29. The average molecular weight is 414 g/mol. The van der Waals surface area contributed by atoms with E-state index >= 15 is 0 Å². The van der Waals surface area contributed by atoms with Gasteiger partial charge in [0.15, 0.2) is 5.82 Å². The first-order chi connectivity index (χ1) is 14.0. The molecule has 1 saturated heterocycles. The van der Waals surface area contributed by atoms with E-state index in [9.17, 15) is 8.42 Å². The van der Waals surface area contributed by atoms with Crippen LogP contribution in [0.4, 0.5) is 0 Å². The smallest absolute Gasteiger partial charge is 0.233 e. The van der Waals surface area contributed by atoms with Crippen LogP contribution in [-0.2, 0) is 15.8 Å². The van der Waals surface area contributed by atoms with E-state index in [0.717, 1.165) is 11.1 Å². The van der Waals surface area contributed by atoms with Crippen LogP contribution in [0.5, 0.6) is 5.88 Å². The van der Waals surface area contributed by atoms with E-state index < -0.39 is 10.0 Å². The SMILES string of the molecule is Cc1ccc(CS(=O)(=O)N2CCC(Oc3ccc(-n4cccn4)nn3)CC2)cc1. The molecule has 1 aliphatic rings. The lowest BCUT2D eigenvalue weighted by Gasteiger charge is -2.31. The Labute approximate surface area is 170 Å². The van der Waals surface area contributed by atoms with Gasteiger partial charge < -0.3 is 4.74 Å². The van der Waals surface area contributed by atoms with E-state index in [1.54, 1.807) is 33.5 Å². The minimum Gasteiger partial charge on any atom is -0.473 e. The number of benzene rings is 1. The second-order valence-electron chi connectivity index (χ2n) is 7.14. The number of rotatable bonds is 6. The van der Waals surface area contributed by atoms with Crippen molar-refractivity contribution in [1.29, 1.82) is 0 Å². The topological polar surface area (TPSA) is 90.2 Å². The van der Waals surface area contributed by atoms with Crippen LogP contribution in [0, 0.1) is 6.92 Å². The van der Waals surface area contributed by atoms with Crippen LogP contribution in [-0.4, -0.2) is 51.9 Å². The number of hydrogen-bond acceptors (Lipinski definition) is 6. The summed E-state index contributed by atoms with van der Waals surface area (Å²) in [7, 11) is -3.34. The van der Waals surface area contributed by atoms with Gasteiger partial charge in [-0.3, -0.25) is 0 Å². The van der Waals surface area contributed by atoms with E-state index in [1.807, 2.05) is 37.3 Å². The molecule has 0 radical (unpaired) electrons. The summed E-state index contributed by atoms with van der Waals surface area (Å²) < 4.78 is 34.5. The third-order valence-electron chi connectivity index (χ3n) is 4.92. The van der Waals surface area contributed by atoms with Gasteiger partial charge in [0.1, 0.15) is 6.10 Å². The number of ether oxygens (including phenoxy) is 1. The maximum absolute atomic E-state index is 12.7. The van der Waals surface area contributed by atoms with Gasteiger partial charge in [-0.15, -0.1) is 10.2 Å². The van der Waals surface area contributed by atoms with Gasteiger partial charge in [0.2, 0.25) is 15.9 Å². The quantitative estimate of drug-likeness (QED) is 0.616. The zero-order valence-corrected chi connectivity index (χ0v) is 17.0. The predicted molar refractivity (Wildman–Crippen MR) is 108 cm³/mol. The van der Waals surface area contributed by atoms with Crippen LogP contribution in [0.25, 0.3) is 5.82 Å². The Kier molecular flexibility index (Phi) is 5.59. The molecule has 1 fully saturated rings. The van der Waals surface area contributed by atoms with Crippen molar-refractivity contribution in [3.8, 4) is 11.7 Å². The van der Waals surface area contributed by atoms with E-state index in [1.165, 1.54) is 0 Å². The molecule has 0 unspecified atom stereocenters. The molecule has 0 aliphatic carbocycles. The summed E-state index contributed by atoms with van der Waals surface area (Å²) in [6, 6.07) is 13.0. The summed E-state index contributed by atoms with van der Waals surface area (Å²) in [5.41, 5.74) is 1.92. The average Bonchev–Trinajstić information content (AvgIpc) is 3.25. The maximum atomic E-state index is 12.7. The molecule has 3 aromatic rings. The van der Waals surface area contributed by atoms with Crippen molar-refractivity contribution in [3.05, 3.63) is 66.0 Å². The number of aryl methyl sites for hydroxylation is 1. The number of hydrogen-bond donors (Lipinski definition) is 0. The second-order valence-corrected chi connectivity index (χ2v) is 9.11. The van der Waals surface area contributed by atoms with Gasteiger partial charge in [0.25, 0.3) is 0 Å². The van der Waals surface area contributed by atoms with E-state index in [4.69, 9.17) is 4.74 Å². The molecule has 0 spiro atoms. The van der Waals surface area contributed by atoms with Crippen LogP contribution in [0.3, 0.4) is 0 Å². The number of aromatic nitrogens is 4. The Hall–Kier alpha value is -2.78. The zero-order valence-electron chi connectivity index (χ0n) is 16.2. The molecule has 0 amide bonds. The fraction of sp³-hybridized carbons (Fsp3) is 0.350. The lowest BCUT2D eigenvalue weighted by Crippen LogP contribution is -2.42. The van der Waals surface area contributed by atoms with Gasteiger partial charge >= 0.3 is 0 Å². The molecule has 1 aromatic carbocycles. The fourth-order valence-corrected chi connectivity index (χ4v) is 4.85. The van der Waals surface area contributed by atoms with Gasteiger partial charge in [0, 0.05) is 31.5 Å². The summed E-state index contributed by atoms with van der Waals surface area (Å²) >= 11 is 0. The highest BCUT2D eigenvalue weighted by Gasteiger charge is 2.29. The Morgan fingerprint density at radius 2 is 1.83 bits per heavy atom. The van der Waals surface area contributed by atoms with Gasteiger partial charge in [-0.05, 0) is 37.5 Å². The molecule has 4 rings (SSSR count). The molecule has 0 atom stereocenters. The summed E-state index contributed by atoms with van der Waals surface area (Å²) in [5.74, 6) is 1.07. The van der Waals surface area contributed by atoms with Crippen molar-refractivity contribution in [2.75, 3.05) is 13.1 Å². The highest BCUT2D eigenvalue weighted by molar-refractivity contribution is 7.88. The van der Waals surface area contributed by atoms with Crippen LogP contribution in [0.1, 0.15) is 24.0 Å². The molecule has 9 heteroatoms. The number of nitrogens with zero attached hydrogens (tertiary/aromatic N) is 5. The standard InChI is InChI=1S/C20H23N5O3S/c1-16-3-5-17(6-4-16)15-29(26,27)24-13-9-18(10-14-24)28-20-8-7-19(22-23-20)25-12-2-11-21-25/h2-8,11-12,18H,9-10,13-15H2,1H3. The third kappa shape index (κ3) is 4.80. The largest absolute Gasteiger partial charge is 0.473 e. The van der Waals surface area contributed by atoms with Crippen molar-refractivity contribution in [1.82, 2.24) is 24.3 Å². The minimum absolute atomic E-state index is 0.0270. The summed E-state index contributed by atoms with van der Waals surface area (Å²) in [6.07, 6.45) is 4.63. The highest BCUT2D eigenvalue weighted by Crippen LogP contribution is 2.21. The lowest BCUT2D eigenvalue weighted by molar-refractivity contribution is 0.128. The van der Waals surface area contributed by atoms with Crippen molar-refractivity contribution in [3.63, 3.8) is 0 Å². The van der Waals surface area contributed by atoms with E-state index in [0.29, 0.717) is 37.6 Å². The zero-order chi connectivity index (χ0) is 20.3. The Morgan fingerprint density at radius 1 is 1.07 bits per heavy atom. The molecule has 8 nitrogen and oxygen atoms in total. The molecular weight excluding hydrogens is 390 g/mol. The summed E-state index contributed by atoms with van der Waals surface area (Å²) in [5, 5.41) is 12.3. The molecule has 152 valence electrons. The summed E-state index contributed by atoms with van der Waals surface area (Å²) in [6.45, 7) is 2.87. The van der Waals surface area contributed by atoms with Crippen molar-refractivity contribution in [2.24, 2.45) is 0 Å². The van der Waals surface area contributed by atoms with Gasteiger partial charge in [-0.2, -0.15) is 5.10 Å².